The number of benzene rings is 2. The molecule has 2 aromatic rings. The second-order valence-electron chi connectivity index (χ2n) is 6.58. The van der Waals surface area contributed by atoms with Crippen molar-refractivity contribution in [2.75, 3.05) is 23.4 Å². The number of nitrogens with one attached hydrogen (secondary N) is 1. The summed E-state index contributed by atoms with van der Waals surface area (Å²) in [7, 11) is 0. The minimum absolute atomic E-state index is 0.0452. The molecular formula is C21H22N2O4. The van der Waals surface area contributed by atoms with Crippen LogP contribution in [0.3, 0.4) is 0 Å². The number of Topliss-reactive ketones (excluding diaryl/α,β-unsaturated/α-hetero) is 1. The van der Waals surface area contributed by atoms with E-state index in [1.807, 2.05) is 26.0 Å². The molecule has 1 aliphatic heterocycles. The molecule has 1 aliphatic rings. The van der Waals surface area contributed by atoms with Crippen LogP contribution in [0.4, 0.5) is 16.2 Å². The minimum atomic E-state index is -0.364. The van der Waals surface area contributed by atoms with Crippen LogP contribution in [-0.2, 0) is 9.53 Å². The number of carbonyl (C=O) groups excluding carboxylic acids is 3. The van der Waals surface area contributed by atoms with E-state index in [-0.39, 0.29) is 30.6 Å². The first-order valence-corrected chi connectivity index (χ1v) is 8.89. The van der Waals surface area contributed by atoms with Gasteiger partial charge in [0.2, 0.25) is 5.91 Å². The Balaban J connectivity index is 1.52. The van der Waals surface area contributed by atoms with Crippen molar-refractivity contribution in [1.82, 2.24) is 0 Å². The monoisotopic (exact) mass is 366 g/mol. The predicted octanol–water partition coefficient (Wildman–Crippen LogP) is 3.86. The second kappa shape index (κ2) is 8.03. The Labute approximate surface area is 158 Å². The van der Waals surface area contributed by atoms with Crippen molar-refractivity contribution in [2.24, 2.45) is 0 Å². The highest BCUT2D eigenvalue weighted by Gasteiger charge is 2.23. The first-order valence-electron chi connectivity index (χ1n) is 8.89. The summed E-state index contributed by atoms with van der Waals surface area (Å²) in [6.07, 6.45) is -0.0884. The van der Waals surface area contributed by atoms with Crippen molar-refractivity contribution in [1.29, 1.82) is 0 Å². The van der Waals surface area contributed by atoms with Gasteiger partial charge < -0.3 is 10.1 Å². The molecule has 0 spiro atoms. The molecule has 1 heterocycles. The Morgan fingerprint density at radius 3 is 2.41 bits per heavy atom. The van der Waals surface area contributed by atoms with Crippen molar-refractivity contribution < 1.29 is 19.1 Å². The summed E-state index contributed by atoms with van der Waals surface area (Å²) in [4.78, 5) is 37.5. The maximum absolute atomic E-state index is 12.3. The van der Waals surface area contributed by atoms with Gasteiger partial charge in [0.25, 0.3) is 0 Å². The third-order valence-corrected chi connectivity index (χ3v) is 4.63. The van der Waals surface area contributed by atoms with Gasteiger partial charge in [-0.25, -0.2) is 4.79 Å². The van der Waals surface area contributed by atoms with E-state index in [0.29, 0.717) is 24.4 Å². The van der Waals surface area contributed by atoms with Gasteiger partial charge in [0, 0.05) is 29.8 Å². The summed E-state index contributed by atoms with van der Waals surface area (Å²) in [6.45, 7) is 4.86. The normalized spacial score (nSPS) is 13.4. The van der Waals surface area contributed by atoms with E-state index >= 15 is 0 Å². The van der Waals surface area contributed by atoms with Gasteiger partial charge in [-0.3, -0.25) is 14.5 Å². The van der Waals surface area contributed by atoms with Crippen LogP contribution in [0.5, 0.6) is 0 Å². The average Bonchev–Trinajstić information content (AvgIpc) is 3.08. The highest BCUT2D eigenvalue weighted by Crippen LogP contribution is 2.21. The van der Waals surface area contributed by atoms with Crippen LogP contribution < -0.4 is 10.2 Å². The Morgan fingerprint density at radius 2 is 1.78 bits per heavy atom. The molecule has 0 atom stereocenters. The molecule has 0 radical (unpaired) electrons. The molecule has 2 amide bonds. The zero-order valence-electron chi connectivity index (χ0n) is 15.5. The SMILES string of the molecule is Cc1ccc(C(=O)CCC(=O)Nc2ccc(N3CCOC3=O)cc2)cc1C. The first-order chi connectivity index (χ1) is 12.9. The predicted molar refractivity (Wildman–Crippen MR) is 103 cm³/mol. The van der Waals surface area contributed by atoms with Crippen molar-refractivity contribution in [2.45, 2.75) is 26.7 Å². The third kappa shape index (κ3) is 4.53. The quantitative estimate of drug-likeness (QED) is 0.788. The lowest BCUT2D eigenvalue weighted by Crippen LogP contribution is -2.23. The lowest BCUT2D eigenvalue weighted by atomic mass is 10.0. The molecular weight excluding hydrogens is 344 g/mol. The van der Waals surface area contributed by atoms with Gasteiger partial charge in [-0.05, 0) is 55.3 Å². The van der Waals surface area contributed by atoms with Crippen molar-refractivity contribution >= 4 is 29.2 Å². The number of nitrogens with zero attached hydrogens (tertiary/aromatic N) is 1. The fourth-order valence-corrected chi connectivity index (χ4v) is 2.86. The fourth-order valence-electron chi connectivity index (χ4n) is 2.86. The standard InChI is InChI=1S/C21H22N2O4/c1-14-3-4-16(13-15(14)2)19(24)9-10-20(25)22-17-5-7-18(8-6-17)23-11-12-27-21(23)26/h3-8,13H,9-12H2,1-2H3,(H,22,25). The molecule has 3 rings (SSSR count). The number of hydrogen-bond acceptors (Lipinski definition) is 4. The van der Waals surface area contributed by atoms with Gasteiger partial charge in [-0.2, -0.15) is 0 Å². The summed E-state index contributed by atoms with van der Waals surface area (Å²) < 4.78 is 4.90. The smallest absolute Gasteiger partial charge is 0.414 e. The van der Waals surface area contributed by atoms with Gasteiger partial charge in [0.1, 0.15) is 6.61 Å². The van der Waals surface area contributed by atoms with Crippen LogP contribution in [0, 0.1) is 13.8 Å². The minimum Gasteiger partial charge on any atom is -0.447 e. The van der Waals surface area contributed by atoms with Crippen molar-refractivity contribution in [3.63, 3.8) is 0 Å². The van der Waals surface area contributed by atoms with E-state index in [4.69, 9.17) is 4.74 Å². The molecule has 0 bridgehead atoms. The van der Waals surface area contributed by atoms with E-state index in [1.54, 1.807) is 30.3 Å². The van der Waals surface area contributed by atoms with Gasteiger partial charge >= 0.3 is 6.09 Å². The topological polar surface area (TPSA) is 75.7 Å². The van der Waals surface area contributed by atoms with E-state index < -0.39 is 0 Å². The van der Waals surface area contributed by atoms with E-state index in [1.165, 1.54) is 4.90 Å². The van der Waals surface area contributed by atoms with Gasteiger partial charge in [0.05, 0.1) is 6.54 Å². The van der Waals surface area contributed by atoms with Crippen molar-refractivity contribution in [3.8, 4) is 0 Å². The number of hydrogen-bond donors (Lipinski definition) is 1. The Bertz CT molecular complexity index is 874. The molecule has 0 saturated carbocycles. The molecule has 0 unspecified atom stereocenters. The molecule has 0 aliphatic carbocycles. The number of rotatable bonds is 6. The Kier molecular flexibility index (Phi) is 5.54. The maximum atomic E-state index is 12.3. The second-order valence-corrected chi connectivity index (χ2v) is 6.58. The van der Waals surface area contributed by atoms with Crippen LogP contribution in [-0.4, -0.2) is 30.9 Å². The zero-order valence-corrected chi connectivity index (χ0v) is 15.5. The zero-order chi connectivity index (χ0) is 19.4. The highest BCUT2D eigenvalue weighted by molar-refractivity contribution is 6.00. The lowest BCUT2D eigenvalue weighted by molar-refractivity contribution is -0.116. The number of carbonyl (C=O) groups is 3. The summed E-state index contributed by atoms with van der Waals surface area (Å²) in [6, 6.07) is 12.5. The van der Waals surface area contributed by atoms with Crippen LogP contribution >= 0.6 is 0 Å². The van der Waals surface area contributed by atoms with Crippen molar-refractivity contribution in [3.05, 3.63) is 59.2 Å². The summed E-state index contributed by atoms with van der Waals surface area (Å²) in [5.74, 6) is -0.267. The number of amides is 2. The highest BCUT2D eigenvalue weighted by atomic mass is 16.6. The van der Waals surface area contributed by atoms with Gasteiger partial charge in [-0.15, -0.1) is 0 Å². The number of ether oxygens (including phenoxy) is 1. The molecule has 140 valence electrons. The number of ketones is 1. The van der Waals surface area contributed by atoms with E-state index in [9.17, 15) is 14.4 Å². The van der Waals surface area contributed by atoms with Crippen LogP contribution in [0.2, 0.25) is 0 Å². The molecule has 6 nitrogen and oxygen atoms in total. The summed E-state index contributed by atoms with van der Waals surface area (Å²) in [5, 5.41) is 2.77. The first kappa shape index (κ1) is 18.6. The number of anilines is 2. The van der Waals surface area contributed by atoms with Crippen LogP contribution in [0.25, 0.3) is 0 Å². The van der Waals surface area contributed by atoms with Gasteiger partial charge in [0.15, 0.2) is 5.78 Å². The van der Waals surface area contributed by atoms with Crippen LogP contribution in [0.1, 0.15) is 34.3 Å². The fraction of sp³-hybridized carbons (Fsp3) is 0.286. The van der Waals surface area contributed by atoms with Gasteiger partial charge in [-0.1, -0.05) is 12.1 Å². The van der Waals surface area contributed by atoms with E-state index in [2.05, 4.69) is 5.32 Å². The molecule has 0 aromatic heterocycles. The Hall–Kier alpha value is -3.15. The molecule has 6 heteroatoms. The summed E-state index contributed by atoms with van der Waals surface area (Å²) >= 11 is 0. The maximum Gasteiger partial charge on any atom is 0.414 e. The number of aryl methyl sites for hydroxylation is 2. The van der Waals surface area contributed by atoms with E-state index in [0.717, 1.165) is 16.8 Å². The largest absolute Gasteiger partial charge is 0.447 e. The molecule has 2 aromatic carbocycles. The Morgan fingerprint density at radius 1 is 1.04 bits per heavy atom. The lowest BCUT2D eigenvalue weighted by Gasteiger charge is -2.13. The summed E-state index contributed by atoms with van der Waals surface area (Å²) in [5.41, 5.74) is 4.17. The third-order valence-electron chi connectivity index (χ3n) is 4.63. The molecule has 1 saturated heterocycles. The average molecular weight is 366 g/mol. The number of cyclic esters (lactones) is 1. The molecule has 27 heavy (non-hydrogen) atoms. The molecule has 1 fully saturated rings. The molecule has 1 N–H and O–H groups in total. The van der Waals surface area contributed by atoms with Crippen LogP contribution in [0.15, 0.2) is 42.5 Å².